The number of terminal acetylenes is 1. The predicted molar refractivity (Wildman–Crippen MR) is 76.5 cm³/mol. The van der Waals surface area contributed by atoms with E-state index in [-0.39, 0.29) is 6.04 Å². The molecule has 1 aromatic rings. The maximum atomic E-state index is 5.71. The van der Waals surface area contributed by atoms with Gasteiger partial charge in [-0.25, -0.2) is 0 Å². The van der Waals surface area contributed by atoms with Crippen LogP contribution in [0.2, 0.25) is 0 Å². The minimum atomic E-state index is 0.237. The third-order valence-corrected chi connectivity index (χ3v) is 3.23. The molecule has 0 radical (unpaired) electrons. The van der Waals surface area contributed by atoms with Gasteiger partial charge in [-0.1, -0.05) is 6.07 Å². The second-order valence-electron chi connectivity index (χ2n) is 4.95. The number of fused-ring (bicyclic) bond motifs is 1. The summed E-state index contributed by atoms with van der Waals surface area (Å²) in [6.45, 7) is 5.66. The summed E-state index contributed by atoms with van der Waals surface area (Å²) in [6.07, 6.45) is 6.98. The smallest absolute Gasteiger partial charge is 0.161 e. The summed E-state index contributed by atoms with van der Waals surface area (Å²) in [4.78, 5) is 0. The van der Waals surface area contributed by atoms with Crippen molar-refractivity contribution in [3.05, 3.63) is 23.8 Å². The largest absolute Gasteiger partial charge is 0.490 e. The summed E-state index contributed by atoms with van der Waals surface area (Å²) in [5.41, 5.74) is 1.19. The number of rotatable bonds is 4. The van der Waals surface area contributed by atoms with Gasteiger partial charge in [0.1, 0.15) is 0 Å². The summed E-state index contributed by atoms with van der Waals surface area (Å²) < 4.78 is 11.3. The molecule has 1 aliphatic heterocycles. The molecule has 1 aliphatic rings. The summed E-state index contributed by atoms with van der Waals surface area (Å²) in [5, 5.41) is 3.48. The predicted octanol–water partition coefficient (Wildman–Crippen LogP) is 2.91. The van der Waals surface area contributed by atoms with E-state index in [4.69, 9.17) is 15.9 Å². The van der Waals surface area contributed by atoms with E-state index >= 15 is 0 Å². The molecule has 3 heteroatoms. The molecule has 2 rings (SSSR count). The van der Waals surface area contributed by atoms with Crippen molar-refractivity contribution in [2.75, 3.05) is 13.2 Å². The monoisotopic (exact) mass is 259 g/mol. The maximum absolute atomic E-state index is 5.71. The van der Waals surface area contributed by atoms with Crippen molar-refractivity contribution in [3.8, 4) is 23.8 Å². The zero-order chi connectivity index (χ0) is 13.7. The van der Waals surface area contributed by atoms with Crippen LogP contribution in [0.5, 0.6) is 11.5 Å². The van der Waals surface area contributed by atoms with Gasteiger partial charge in [-0.15, -0.1) is 12.3 Å². The van der Waals surface area contributed by atoms with Gasteiger partial charge in [0.15, 0.2) is 11.5 Å². The van der Waals surface area contributed by atoms with Gasteiger partial charge in [0.25, 0.3) is 0 Å². The maximum Gasteiger partial charge on any atom is 0.161 e. The van der Waals surface area contributed by atoms with E-state index in [0.29, 0.717) is 12.6 Å². The molecule has 19 heavy (non-hydrogen) atoms. The number of nitrogens with one attached hydrogen (secondary N) is 1. The van der Waals surface area contributed by atoms with Crippen molar-refractivity contribution in [1.29, 1.82) is 0 Å². The molecule has 0 aromatic heterocycles. The van der Waals surface area contributed by atoms with E-state index in [2.05, 4.69) is 37.2 Å². The fourth-order valence-corrected chi connectivity index (χ4v) is 2.21. The first-order valence-electron chi connectivity index (χ1n) is 6.79. The van der Waals surface area contributed by atoms with Crippen molar-refractivity contribution in [1.82, 2.24) is 5.32 Å². The molecule has 0 saturated heterocycles. The minimum absolute atomic E-state index is 0.237. The standard InChI is InChI=1S/C16H21NO2/c1-4-6-12(2)17-13(3)14-7-8-15-16(11-14)19-10-5-9-18-15/h1,7-8,11-13,17H,5-6,9-10H2,2-3H3. The Balaban J connectivity index is 2.08. The van der Waals surface area contributed by atoms with E-state index in [1.165, 1.54) is 5.56 Å². The highest BCUT2D eigenvalue weighted by Gasteiger charge is 2.14. The average molecular weight is 259 g/mol. The molecule has 1 N–H and O–H groups in total. The molecule has 0 spiro atoms. The topological polar surface area (TPSA) is 30.5 Å². The van der Waals surface area contributed by atoms with Gasteiger partial charge in [0.2, 0.25) is 0 Å². The van der Waals surface area contributed by atoms with Crippen LogP contribution in [0.15, 0.2) is 18.2 Å². The molecule has 1 aromatic carbocycles. The molecule has 0 bridgehead atoms. The molecule has 0 fully saturated rings. The van der Waals surface area contributed by atoms with Crippen LogP contribution >= 0.6 is 0 Å². The highest BCUT2D eigenvalue weighted by atomic mass is 16.5. The Labute approximate surface area is 115 Å². The van der Waals surface area contributed by atoms with Gasteiger partial charge in [0, 0.05) is 24.9 Å². The summed E-state index contributed by atoms with van der Waals surface area (Å²) >= 11 is 0. The Morgan fingerprint density at radius 1 is 1.26 bits per heavy atom. The Morgan fingerprint density at radius 2 is 2.00 bits per heavy atom. The fraction of sp³-hybridized carbons (Fsp3) is 0.500. The van der Waals surface area contributed by atoms with Gasteiger partial charge in [0.05, 0.1) is 13.2 Å². The third kappa shape index (κ3) is 3.65. The normalized spacial score (nSPS) is 17.1. The number of hydrogen-bond acceptors (Lipinski definition) is 3. The summed E-state index contributed by atoms with van der Waals surface area (Å²) in [7, 11) is 0. The van der Waals surface area contributed by atoms with Crippen molar-refractivity contribution < 1.29 is 9.47 Å². The Bertz CT molecular complexity index is 464. The van der Waals surface area contributed by atoms with Crippen LogP contribution in [0.4, 0.5) is 0 Å². The van der Waals surface area contributed by atoms with Gasteiger partial charge in [-0.05, 0) is 31.5 Å². The highest BCUT2D eigenvalue weighted by Crippen LogP contribution is 2.32. The summed E-state index contributed by atoms with van der Waals surface area (Å²) in [5.74, 6) is 4.35. The Kier molecular flexibility index (Phi) is 4.70. The third-order valence-electron chi connectivity index (χ3n) is 3.23. The molecule has 1 heterocycles. The first-order chi connectivity index (χ1) is 9.20. The molecule has 0 amide bonds. The van der Waals surface area contributed by atoms with Crippen LogP contribution in [0.25, 0.3) is 0 Å². The van der Waals surface area contributed by atoms with Crippen molar-refractivity contribution >= 4 is 0 Å². The first-order valence-corrected chi connectivity index (χ1v) is 6.79. The second kappa shape index (κ2) is 6.49. The van der Waals surface area contributed by atoms with Crippen molar-refractivity contribution in [2.24, 2.45) is 0 Å². The van der Waals surface area contributed by atoms with Gasteiger partial charge >= 0.3 is 0 Å². The van der Waals surface area contributed by atoms with Crippen LogP contribution < -0.4 is 14.8 Å². The molecule has 0 aliphatic carbocycles. The van der Waals surface area contributed by atoms with Crippen molar-refractivity contribution in [3.63, 3.8) is 0 Å². The Hall–Kier alpha value is -1.66. The van der Waals surface area contributed by atoms with Crippen LogP contribution in [-0.4, -0.2) is 19.3 Å². The average Bonchev–Trinajstić information content (AvgIpc) is 2.63. The fourth-order valence-electron chi connectivity index (χ4n) is 2.21. The lowest BCUT2D eigenvalue weighted by atomic mass is 10.1. The molecular weight excluding hydrogens is 238 g/mol. The SMILES string of the molecule is C#CCC(C)NC(C)c1ccc2c(c1)OCCCO2. The summed E-state index contributed by atoms with van der Waals surface area (Å²) in [6, 6.07) is 6.66. The van der Waals surface area contributed by atoms with Crippen LogP contribution in [0, 0.1) is 12.3 Å². The number of benzene rings is 1. The van der Waals surface area contributed by atoms with Gasteiger partial charge in [-0.2, -0.15) is 0 Å². The first kappa shape index (κ1) is 13.8. The number of ether oxygens (including phenoxy) is 2. The lowest BCUT2D eigenvalue weighted by Crippen LogP contribution is -2.28. The lowest BCUT2D eigenvalue weighted by molar-refractivity contribution is 0.297. The van der Waals surface area contributed by atoms with Crippen LogP contribution in [0.3, 0.4) is 0 Å². The molecule has 2 unspecified atom stereocenters. The second-order valence-corrected chi connectivity index (χ2v) is 4.95. The quantitative estimate of drug-likeness (QED) is 0.843. The van der Waals surface area contributed by atoms with Gasteiger partial charge < -0.3 is 14.8 Å². The van der Waals surface area contributed by atoms with E-state index in [9.17, 15) is 0 Å². The molecular formula is C16H21NO2. The van der Waals surface area contributed by atoms with E-state index in [1.54, 1.807) is 0 Å². The van der Waals surface area contributed by atoms with Gasteiger partial charge in [-0.3, -0.25) is 0 Å². The van der Waals surface area contributed by atoms with E-state index < -0.39 is 0 Å². The Morgan fingerprint density at radius 3 is 2.74 bits per heavy atom. The van der Waals surface area contributed by atoms with E-state index in [1.807, 2.05) is 6.07 Å². The van der Waals surface area contributed by atoms with Crippen LogP contribution in [-0.2, 0) is 0 Å². The van der Waals surface area contributed by atoms with Crippen molar-refractivity contribution in [2.45, 2.75) is 38.8 Å². The molecule has 0 saturated carbocycles. The number of hydrogen-bond donors (Lipinski definition) is 1. The minimum Gasteiger partial charge on any atom is -0.490 e. The van der Waals surface area contributed by atoms with E-state index in [0.717, 1.165) is 30.9 Å². The molecule has 2 atom stereocenters. The lowest BCUT2D eigenvalue weighted by Gasteiger charge is -2.20. The zero-order valence-corrected chi connectivity index (χ0v) is 11.6. The zero-order valence-electron chi connectivity index (χ0n) is 11.6. The molecule has 3 nitrogen and oxygen atoms in total. The highest BCUT2D eigenvalue weighted by molar-refractivity contribution is 5.44. The molecule has 102 valence electrons. The van der Waals surface area contributed by atoms with Crippen LogP contribution in [0.1, 0.15) is 38.3 Å².